The fraction of sp³-hybridized carbons (Fsp3) is 0.556. The van der Waals surface area contributed by atoms with Crippen molar-refractivity contribution in [2.24, 2.45) is 0 Å². The molecule has 0 radical (unpaired) electrons. The first-order chi connectivity index (χ1) is 7.59. The predicted molar refractivity (Wildman–Crippen MR) is 60.1 cm³/mol. The molecule has 1 aromatic heterocycles. The lowest BCUT2D eigenvalue weighted by Gasteiger charge is -2.04. The molecule has 0 aliphatic heterocycles. The van der Waals surface area contributed by atoms with Crippen molar-refractivity contribution >= 4 is 22.7 Å². The molecule has 0 amide bonds. The normalized spacial score (nSPS) is 12.5. The predicted octanol–water partition coefficient (Wildman–Crippen LogP) is 2.90. The van der Waals surface area contributed by atoms with E-state index in [-0.39, 0.29) is 0 Å². The Labute approximate surface area is 99.9 Å². The maximum absolute atomic E-state index is 11.7. The number of rotatable bonds is 6. The first-order valence-electron chi connectivity index (χ1n) is 4.79. The number of nitrogens with zero attached hydrogens (tertiary/aromatic N) is 2. The van der Waals surface area contributed by atoms with E-state index in [9.17, 15) is 13.3 Å². The van der Waals surface area contributed by atoms with Gasteiger partial charge in [-0.2, -0.15) is 18.1 Å². The summed E-state index contributed by atoms with van der Waals surface area (Å²) in [6, 6.07) is 0. The zero-order valence-corrected chi connectivity index (χ0v) is 10.4. The molecular formula is C9H12F2N2OS2. The van der Waals surface area contributed by atoms with Gasteiger partial charge < -0.3 is 4.55 Å². The molecule has 0 fully saturated rings. The average Bonchev–Trinajstić information content (AvgIpc) is 2.63. The minimum absolute atomic E-state index is 0.328. The Morgan fingerprint density at radius 2 is 2.25 bits per heavy atom. The van der Waals surface area contributed by atoms with Gasteiger partial charge in [0.15, 0.2) is 0 Å². The molecule has 1 atom stereocenters. The van der Waals surface area contributed by atoms with E-state index in [1.165, 1.54) is 0 Å². The molecule has 90 valence electrons. The minimum Gasteiger partial charge on any atom is -0.610 e. The second-order valence-electron chi connectivity index (χ2n) is 3.15. The summed E-state index contributed by atoms with van der Waals surface area (Å²) in [5.74, 6) is 1.08. The van der Waals surface area contributed by atoms with Crippen LogP contribution in [0.3, 0.4) is 0 Å². The second-order valence-corrected chi connectivity index (χ2v) is 5.64. The van der Waals surface area contributed by atoms with E-state index in [0.29, 0.717) is 35.2 Å². The van der Waals surface area contributed by atoms with E-state index in [4.69, 9.17) is 0 Å². The van der Waals surface area contributed by atoms with Crippen LogP contribution in [-0.4, -0.2) is 19.7 Å². The molecule has 0 bridgehead atoms. The number of hydrogen-bond donors (Lipinski definition) is 0. The van der Waals surface area contributed by atoms with Crippen LogP contribution < -0.4 is 0 Å². The zero-order chi connectivity index (χ0) is 12.0. The molecular weight excluding hydrogens is 254 g/mol. The van der Waals surface area contributed by atoms with Gasteiger partial charge in [-0.25, -0.2) is 0 Å². The maximum Gasteiger partial charge on any atom is 0.321 e. The SMILES string of the molecule is Cc1nsc([S+]([O-])CCCCC=C(F)F)n1. The van der Waals surface area contributed by atoms with Crippen LogP contribution in [0.1, 0.15) is 25.1 Å². The maximum atomic E-state index is 11.7. The van der Waals surface area contributed by atoms with Gasteiger partial charge in [-0.05, 0) is 32.3 Å². The number of aromatic nitrogens is 2. The molecule has 0 spiro atoms. The molecule has 0 aliphatic rings. The van der Waals surface area contributed by atoms with Gasteiger partial charge in [-0.1, -0.05) is 0 Å². The van der Waals surface area contributed by atoms with Crippen molar-refractivity contribution < 1.29 is 13.3 Å². The van der Waals surface area contributed by atoms with E-state index in [1.54, 1.807) is 6.92 Å². The molecule has 0 aliphatic carbocycles. The Morgan fingerprint density at radius 3 is 2.81 bits per heavy atom. The van der Waals surface area contributed by atoms with Crippen molar-refractivity contribution in [3.05, 3.63) is 18.0 Å². The van der Waals surface area contributed by atoms with Crippen molar-refractivity contribution in [1.82, 2.24) is 9.36 Å². The Hall–Kier alpha value is -0.530. The van der Waals surface area contributed by atoms with Crippen molar-refractivity contribution in [1.29, 1.82) is 0 Å². The Bertz CT molecular complexity index is 353. The summed E-state index contributed by atoms with van der Waals surface area (Å²) in [4.78, 5) is 4.01. The van der Waals surface area contributed by atoms with Crippen molar-refractivity contribution in [3.63, 3.8) is 0 Å². The standard InChI is InChI=1S/C9H12F2N2OS2/c1-7-12-9(15-13-7)16(14)6-4-2-3-5-8(10)11/h5H,2-4,6H2,1H3. The molecule has 0 N–H and O–H groups in total. The highest BCUT2D eigenvalue weighted by Crippen LogP contribution is 2.15. The number of hydrogen-bond acceptors (Lipinski definition) is 4. The third-order valence-corrected chi connectivity index (χ3v) is 4.31. The summed E-state index contributed by atoms with van der Waals surface area (Å²) in [7, 11) is 0. The second kappa shape index (κ2) is 6.93. The fourth-order valence-electron chi connectivity index (χ4n) is 1.05. The Morgan fingerprint density at radius 1 is 1.50 bits per heavy atom. The van der Waals surface area contributed by atoms with Crippen molar-refractivity contribution in [3.8, 4) is 0 Å². The molecule has 1 heterocycles. The smallest absolute Gasteiger partial charge is 0.321 e. The largest absolute Gasteiger partial charge is 0.610 e. The molecule has 16 heavy (non-hydrogen) atoms. The van der Waals surface area contributed by atoms with E-state index in [2.05, 4.69) is 9.36 Å². The highest BCUT2D eigenvalue weighted by molar-refractivity contribution is 7.93. The number of aryl methyl sites for hydroxylation is 1. The Balaban J connectivity index is 2.20. The third kappa shape index (κ3) is 5.00. The van der Waals surface area contributed by atoms with Gasteiger partial charge in [0.1, 0.15) is 11.6 Å². The van der Waals surface area contributed by atoms with Gasteiger partial charge in [-0.15, -0.1) is 0 Å². The monoisotopic (exact) mass is 266 g/mol. The summed E-state index contributed by atoms with van der Waals surface area (Å²) in [5, 5.41) is 0. The van der Waals surface area contributed by atoms with Crippen LogP contribution in [0.2, 0.25) is 0 Å². The fourth-order valence-corrected chi connectivity index (χ4v) is 3.04. The first kappa shape index (κ1) is 13.5. The summed E-state index contributed by atoms with van der Waals surface area (Å²) in [5.41, 5.74) is 0. The van der Waals surface area contributed by atoms with Gasteiger partial charge in [0.2, 0.25) is 0 Å². The quantitative estimate of drug-likeness (QED) is 0.587. The van der Waals surface area contributed by atoms with Crippen LogP contribution in [0.15, 0.2) is 16.5 Å². The average molecular weight is 266 g/mol. The molecule has 0 aromatic carbocycles. The van der Waals surface area contributed by atoms with E-state index in [1.807, 2.05) is 0 Å². The Kier molecular flexibility index (Phi) is 5.86. The van der Waals surface area contributed by atoms with Gasteiger partial charge in [-0.3, -0.25) is 0 Å². The van der Waals surface area contributed by atoms with Gasteiger partial charge in [0.25, 0.3) is 6.08 Å². The van der Waals surface area contributed by atoms with Crippen molar-refractivity contribution in [2.45, 2.75) is 30.5 Å². The van der Waals surface area contributed by atoms with E-state index >= 15 is 0 Å². The minimum atomic E-state index is -1.65. The highest BCUT2D eigenvalue weighted by atomic mass is 32.2. The molecule has 1 unspecified atom stereocenters. The van der Waals surface area contributed by atoms with Crippen LogP contribution >= 0.6 is 11.5 Å². The topological polar surface area (TPSA) is 48.8 Å². The number of unbranched alkanes of at least 4 members (excludes halogenated alkanes) is 2. The number of allylic oxidation sites excluding steroid dienone is 1. The van der Waals surface area contributed by atoms with Crippen LogP contribution in [0.25, 0.3) is 0 Å². The van der Waals surface area contributed by atoms with E-state index in [0.717, 1.165) is 17.6 Å². The lowest BCUT2D eigenvalue weighted by molar-refractivity contribution is 0.417. The lowest BCUT2D eigenvalue weighted by atomic mass is 10.2. The van der Waals surface area contributed by atoms with Gasteiger partial charge in [0, 0.05) is 22.7 Å². The molecule has 1 rings (SSSR count). The molecule has 3 nitrogen and oxygen atoms in total. The summed E-state index contributed by atoms with van der Waals surface area (Å²) >= 11 is -0.00689. The lowest BCUT2D eigenvalue weighted by Crippen LogP contribution is -2.06. The van der Waals surface area contributed by atoms with E-state index < -0.39 is 17.3 Å². The number of halogens is 2. The van der Waals surface area contributed by atoms with Gasteiger partial charge >= 0.3 is 4.34 Å². The van der Waals surface area contributed by atoms with Crippen LogP contribution in [0, 0.1) is 6.92 Å². The summed E-state index contributed by atoms with van der Waals surface area (Å²) < 4.78 is 39.4. The van der Waals surface area contributed by atoms with Crippen molar-refractivity contribution in [2.75, 3.05) is 5.75 Å². The molecule has 0 saturated heterocycles. The van der Waals surface area contributed by atoms with Gasteiger partial charge in [0.05, 0.1) is 0 Å². The summed E-state index contributed by atoms with van der Waals surface area (Å²) in [6.07, 6.45) is 0.823. The van der Waals surface area contributed by atoms with Crippen LogP contribution in [0.4, 0.5) is 8.78 Å². The summed E-state index contributed by atoms with van der Waals surface area (Å²) in [6.45, 7) is 1.74. The van der Waals surface area contributed by atoms with Crippen LogP contribution in [-0.2, 0) is 11.2 Å². The molecule has 7 heteroatoms. The molecule has 1 aromatic rings. The molecule has 0 saturated carbocycles. The highest BCUT2D eigenvalue weighted by Gasteiger charge is 2.15. The third-order valence-electron chi connectivity index (χ3n) is 1.79. The zero-order valence-electron chi connectivity index (χ0n) is 8.78. The van der Waals surface area contributed by atoms with Crippen LogP contribution in [0.5, 0.6) is 0 Å². The first-order valence-corrected chi connectivity index (χ1v) is 6.88.